The minimum atomic E-state index is -1.82. The Morgan fingerprint density at radius 2 is 1.79 bits per heavy atom. The van der Waals surface area contributed by atoms with E-state index < -0.39 is 29.8 Å². The lowest BCUT2D eigenvalue weighted by molar-refractivity contribution is -0.159. The maximum Gasteiger partial charge on any atom is 0.414 e. The second kappa shape index (κ2) is 13.3. The minimum absolute atomic E-state index is 0.0475. The Morgan fingerprint density at radius 1 is 1.11 bits per heavy atom. The zero-order valence-electron chi connectivity index (χ0n) is 21.2. The first-order chi connectivity index (χ1) is 18.1. The van der Waals surface area contributed by atoms with Gasteiger partial charge in [0.2, 0.25) is 0 Å². The summed E-state index contributed by atoms with van der Waals surface area (Å²) in [7, 11) is 0. The topological polar surface area (TPSA) is 167 Å². The molecule has 0 bridgehead atoms. The highest BCUT2D eigenvalue weighted by atomic mass is 19.1. The monoisotopic (exact) mass is 535 g/mol. The molecule has 1 aliphatic heterocycles. The first kappa shape index (κ1) is 29.1. The molecule has 0 amide bonds. The fraction of sp³-hybridized carbons (Fsp3) is 0.538. The molecule has 1 saturated carbocycles. The van der Waals surface area contributed by atoms with Crippen molar-refractivity contribution in [1.29, 1.82) is 0 Å². The van der Waals surface area contributed by atoms with Gasteiger partial charge >= 0.3 is 17.9 Å². The Bertz CT molecular complexity index is 1210. The van der Waals surface area contributed by atoms with Gasteiger partial charge in [0, 0.05) is 36.3 Å². The summed E-state index contributed by atoms with van der Waals surface area (Å²) in [6.07, 6.45) is 8.54. The molecule has 2 fully saturated rings. The van der Waals surface area contributed by atoms with Crippen LogP contribution >= 0.6 is 0 Å². The summed E-state index contributed by atoms with van der Waals surface area (Å²) in [5, 5.41) is 30.7. The number of hydrogen-bond donors (Lipinski definition) is 5. The van der Waals surface area contributed by atoms with Gasteiger partial charge in [-0.3, -0.25) is 9.59 Å². The number of fused-ring (bicyclic) bond motifs is 1. The van der Waals surface area contributed by atoms with Crippen LogP contribution in [0.15, 0.2) is 23.1 Å². The number of anilines is 1. The number of ether oxygens (including phenoxy) is 1. The number of rotatable bonds is 8. The Hall–Kier alpha value is -3.51. The van der Waals surface area contributed by atoms with Gasteiger partial charge in [0.05, 0.1) is 23.9 Å². The number of halogens is 1. The molecule has 2 unspecified atom stereocenters. The Labute approximate surface area is 218 Å². The molecule has 2 aromatic rings. The minimum Gasteiger partial charge on any atom is -0.480 e. The predicted molar refractivity (Wildman–Crippen MR) is 137 cm³/mol. The molecular formula is C26H34FN3O8. The van der Waals surface area contributed by atoms with E-state index >= 15 is 4.39 Å². The normalized spacial score (nSPS) is 18.4. The van der Waals surface area contributed by atoms with Crippen LogP contribution in [0.3, 0.4) is 0 Å². The third-order valence-corrected chi connectivity index (χ3v) is 6.89. The van der Waals surface area contributed by atoms with E-state index in [2.05, 4.69) is 10.6 Å². The second-order valence-electron chi connectivity index (χ2n) is 9.53. The lowest BCUT2D eigenvalue weighted by Gasteiger charge is -2.25. The quantitative estimate of drug-likeness (QED) is 0.317. The van der Waals surface area contributed by atoms with Crippen molar-refractivity contribution in [2.45, 2.75) is 76.5 Å². The van der Waals surface area contributed by atoms with Gasteiger partial charge in [0.15, 0.2) is 5.43 Å². The average Bonchev–Trinajstić information content (AvgIpc) is 3.42. The van der Waals surface area contributed by atoms with Crippen LogP contribution in [0.25, 0.3) is 10.9 Å². The van der Waals surface area contributed by atoms with E-state index in [1.165, 1.54) is 12.5 Å². The average molecular weight is 536 g/mol. The lowest BCUT2D eigenvalue weighted by Crippen LogP contribution is -2.37. The van der Waals surface area contributed by atoms with Crippen LogP contribution in [0.4, 0.5) is 10.1 Å². The molecule has 1 aromatic heterocycles. The number of carboxylic acid groups (broad SMARTS) is 3. The number of hydrogen-bond acceptors (Lipinski definition) is 7. The number of aliphatic carboxylic acids is 3. The third-order valence-electron chi connectivity index (χ3n) is 6.89. The van der Waals surface area contributed by atoms with Gasteiger partial charge in [0.1, 0.15) is 11.9 Å². The number of nitrogens with one attached hydrogen (secondary N) is 2. The van der Waals surface area contributed by atoms with Gasteiger partial charge in [-0.2, -0.15) is 0 Å². The SMILES string of the molecule is CCC(NCc1cn(C2CCOC2)c2cc(NC3CCCCC3)c(F)cc2c1=O)C(=O)O.O=C(O)C(=O)O. The van der Waals surface area contributed by atoms with Crippen molar-refractivity contribution >= 4 is 34.5 Å². The molecule has 0 radical (unpaired) electrons. The standard InChI is InChI=1S/C24H32FN3O4.C2H2O4/c1-2-20(24(30)31)26-12-15-13-28(17-8-9-32-14-17)22-11-21(19(25)10-18(22)23(15)29)27-16-6-4-3-5-7-16;3-1(4)2(5)6/h10-11,13,16-17,20,26-27H,2-9,12,14H2,1H3,(H,30,31);(H,3,4)(H,5,6). The number of nitrogens with zero attached hydrogens (tertiary/aromatic N) is 1. The van der Waals surface area contributed by atoms with E-state index in [4.69, 9.17) is 24.5 Å². The maximum absolute atomic E-state index is 15.0. The largest absolute Gasteiger partial charge is 0.480 e. The summed E-state index contributed by atoms with van der Waals surface area (Å²) >= 11 is 0. The summed E-state index contributed by atoms with van der Waals surface area (Å²) in [4.78, 5) is 42.8. The molecule has 12 heteroatoms. The molecule has 208 valence electrons. The number of carbonyl (C=O) groups is 3. The van der Waals surface area contributed by atoms with Crippen LogP contribution in [-0.4, -0.2) is 63.1 Å². The second-order valence-corrected chi connectivity index (χ2v) is 9.53. The smallest absolute Gasteiger partial charge is 0.414 e. The van der Waals surface area contributed by atoms with Crippen LogP contribution in [0.5, 0.6) is 0 Å². The van der Waals surface area contributed by atoms with Gasteiger partial charge in [0.25, 0.3) is 0 Å². The van der Waals surface area contributed by atoms with Crippen molar-refractivity contribution in [3.8, 4) is 0 Å². The van der Waals surface area contributed by atoms with E-state index in [0.29, 0.717) is 41.8 Å². The summed E-state index contributed by atoms with van der Waals surface area (Å²) in [5.41, 5.74) is 1.26. The van der Waals surface area contributed by atoms with E-state index in [-0.39, 0.29) is 24.1 Å². The van der Waals surface area contributed by atoms with Crippen molar-refractivity contribution < 1.29 is 38.8 Å². The van der Waals surface area contributed by atoms with E-state index in [9.17, 15) is 14.7 Å². The van der Waals surface area contributed by atoms with E-state index in [0.717, 1.165) is 32.1 Å². The summed E-state index contributed by atoms with van der Waals surface area (Å²) in [6, 6.07) is 2.63. The van der Waals surface area contributed by atoms with Crippen LogP contribution in [0.1, 0.15) is 63.5 Å². The predicted octanol–water partition coefficient (Wildman–Crippen LogP) is 2.96. The van der Waals surface area contributed by atoms with Gasteiger partial charge in [-0.1, -0.05) is 26.2 Å². The Kier molecular flexibility index (Phi) is 10.2. The molecule has 2 atom stereocenters. The number of aromatic nitrogens is 1. The van der Waals surface area contributed by atoms with Crippen molar-refractivity contribution in [3.05, 3.63) is 39.9 Å². The first-order valence-corrected chi connectivity index (χ1v) is 12.8. The van der Waals surface area contributed by atoms with Crippen molar-refractivity contribution in [1.82, 2.24) is 9.88 Å². The Morgan fingerprint density at radius 3 is 2.34 bits per heavy atom. The van der Waals surface area contributed by atoms with Crippen LogP contribution < -0.4 is 16.1 Å². The van der Waals surface area contributed by atoms with E-state index in [1.807, 2.05) is 4.57 Å². The van der Waals surface area contributed by atoms with Crippen molar-refractivity contribution in [2.24, 2.45) is 0 Å². The molecule has 2 heterocycles. The molecule has 38 heavy (non-hydrogen) atoms. The molecule has 11 nitrogen and oxygen atoms in total. The molecule has 1 aromatic carbocycles. The fourth-order valence-electron chi connectivity index (χ4n) is 4.81. The zero-order valence-corrected chi connectivity index (χ0v) is 21.2. The van der Waals surface area contributed by atoms with E-state index in [1.54, 1.807) is 19.2 Å². The molecular weight excluding hydrogens is 501 g/mol. The molecule has 0 spiro atoms. The number of carboxylic acids is 3. The van der Waals surface area contributed by atoms with Crippen molar-refractivity contribution in [3.63, 3.8) is 0 Å². The van der Waals surface area contributed by atoms with Crippen LogP contribution in [0, 0.1) is 5.82 Å². The highest BCUT2D eigenvalue weighted by molar-refractivity contribution is 6.27. The highest BCUT2D eigenvalue weighted by Crippen LogP contribution is 2.29. The van der Waals surface area contributed by atoms with Gasteiger partial charge < -0.3 is 35.3 Å². The van der Waals surface area contributed by atoms with Crippen molar-refractivity contribution in [2.75, 3.05) is 18.5 Å². The summed E-state index contributed by atoms with van der Waals surface area (Å²) in [5.74, 6) is -5.04. The molecule has 1 saturated heterocycles. The van der Waals surface area contributed by atoms with Gasteiger partial charge in [-0.25, -0.2) is 14.0 Å². The number of benzene rings is 1. The summed E-state index contributed by atoms with van der Waals surface area (Å²) in [6.45, 7) is 3.05. The lowest BCUT2D eigenvalue weighted by atomic mass is 9.95. The molecule has 5 N–H and O–H groups in total. The molecule has 4 rings (SSSR count). The molecule has 1 aliphatic carbocycles. The summed E-state index contributed by atoms with van der Waals surface area (Å²) < 4.78 is 22.6. The first-order valence-electron chi connectivity index (χ1n) is 12.8. The van der Waals surface area contributed by atoms with Crippen LogP contribution in [-0.2, 0) is 25.7 Å². The number of pyridine rings is 1. The maximum atomic E-state index is 15.0. The zero-order chi connectivity index (χ0) is 27.8. The highest BCUT2D eigenvalue weighted by Gasteiger charge is 2.23. The van der Waals surface area contributed by atoms with Crippen LogP contribution in [0.2, 0.25) is 0 Å². The third kappa shape index (κ3) is 7.29. The van der Waals surface area contributed by atoms with Gasteiger partial charge in [-0.05, 0) is 37.8 Å². The Balaban J connectivity index is 0.000000599. The molecule has 2 aliphatic rings. The van der Waals surface area contributed by atoms with Gasteiger partial charge in [-0.15, -0.1) is 0 Å². The fourth-order valence-corrected chi connectivity index (χ4v) is 4.81.